The maximum Gasteiger partial charge on any atom is 0.275 e. The van der Waals surface area contributed by atoms with Crippen molar-refractivity contribution in [3.63, 3.8) is 0 Å². The lowest BCUT2D eigenvalue weighted by atomic mass is 10.2. The number of nitrogens with zero attached hydrogens (tertiary/aromatic N) is 4. The van der Waals surface area contributed by atoms with Crippen LogP contribution >= 0.6 is 0 Å². The third-order valence-electron chi connectivity index (χ3n) is 3.87. The minimum atomic E-state index is -0.736. The van der Waals surface area contributed by atoms with Gasteiger partial charge in [0.2, 0.25) is 5.78 Å². The average molecular weight is 344 g/mol. The summed E-state index contributed by atoms with van der Waals surface area (Å²) in [7, 11) is 1.62. The molecule has 0 saturated carbocycles. The predicted octanol–water partition coefficient (Wildman–Crippen LogP) is 0.786. The van der Waals surface area contributed by atoms with Gasteiger partial charge in [0.25, 0.3) is 5.56 Å². The highest BCUT2D eigenvalue weighted by atomic mass is 16.5. The third kappa shape index (κ3) is 3.86. The first-order valence-corrected chi connectivity index (χ1v) is 7.87. The molecular formula is C17H20N4O4. The van der Waals surface area contributed by atoms with Crippen molar-refractivity contribution >= 4 is 5.78 Å². The van der Waals surface area contributed by atoms with Crippen molar-refractivity contribution in [3.8, 4) is 5.75 Å². The van der Waals surface area contributed by atoms with Crippen LogP contribution in [0.2, 0.25) is 0 Å². The van der Waals surface area contributed by atoms with Gasteiger partial charge in [-0.05, 0) is 24.6 Å². The molecule has 0 radical (unpaired) electrons. The Bertz CT molecular complexity index is 901. The summed E-state index contributed by atoms with van der Waals surface area (Å²) < 4.78 is 13.6. The lowest BCUT2D eigenvalue weighted by Gasteiger charge is -2.16. The van der Waals surface area contributed by atoms with Crippen LogP contribution in [0, 0.1) is 6.92 Å². The van der Waals surface area contributed by atoms with E-state index in [-0.39, 0.29) is 18.7 Å². The fourth-order valence-electron chi connectivity index (χ4n) is 2.57. The summed E-state index contributed by atoms with van der Waals surface area (Å²) in [6.07, 6.45) is 0.583. The maximum atomic E-state index is 11.8. The Hall–Kier alpha value is -2.71. The third-order valence-corrected chi connectivity index (χ3v) is 3.87. The fraction of sp³-hybridized carbons (Fsp3) is 0.353. The van der Waals surface area contributed by atoms with Crippen molar-refractivity contribution in [2.75, 3.05) is 13.7 Å². The van der Waals surface area contributed by atoms with Gasteiger partial charge < -0.3 is 19.1 Å². The lowest BCUT2D eigenvalue weighted by molar-refractivity contribution is 0.0204. The Morgan fingerprint density at radius 3 is 2.76 bits per heavy atom. The molecule has 1 aromatic carbocycles. The summed E-state index contributed by atoms with van der Waals surface area (Å²) in [6.45, 7) is 2.61. The molecule has 3 rings (SSSR count). The second-order valence-electron chi connectivity index (χ2n) is 5.72. The molecule has 0 unspecified atom stereocenters. The molecule has 0 aliphatic heterocycles. The lowest BCUT2D eigenvalue weighted by Crippen LogP contribution is -2.27. The molecule has 0 aliphatic carbocycles. The standard InChI is InChI=1S/C17H20N4O4/c1-12-7-16(23)21-17(18-11-19-21)20(12)8-14(22)10-25-9-13-3-5-15(24-2)6-4-13/h3-7,11,14,22H,8-10H2,1-2H3/t14-/m0/s1. The molecule has 2 aromatic heterocycles. The molecule has 1 N–H and O–H groups in total. The summed E-state index contributed by atoms with van der Waals surface area (Å²) in [5.74, 6) is 1.19. The smallest absolute Gasteiger partial charge is 0.275 e. The molecule has 0 saturated heterocycles. The SMILES string of the molecule is COc1ccc(COC[C@@H](O)Cn2c(C)cc(=O)n3ncnc23)cc1. The zero-order valence-corrected chi connectivity index (χ0v) is 14.1. The number of aromatic nitrogens is 4. The Morgan fingerprint density at radius 1 is 1.28 bits per heavy atom. The van der Waals surface area contributed by atoms with Crippen LogP contribution in [0.1, 0.15) is 11.3 Å². The molecule has 25 heavy (non-hydrogen) atoms. The van der Waals surface area contributed by atoms with E-state index in [0.29, 0.717) is 18.1 Å². The van der Waals surface area contributed by atoms with Crippen molar-refractivity contribution in [2.24, 2.45) is 0 Å². The quantitative estimate of drug-likeness (QED) is 0.681. The minimum Gasteiger partial charge on any atom is -0.497 e. The van der Waals surface area contributed by atoms with Crippen LogP contribution in [0.3, 0.4) is 0 Å². The summed E-state index contributed by atoms with van der Waals surface area (Å²) >= 11 is 0. The van der Waals surface area contributed by atoms with Gasteiger partial charge in [0.15, 0.2) is 0 Å². The van der Waals surface area contributed by atoms with Gasteiger partial charge in [-0.3, -0.25) is 4.79 Å². The number of aryl methyl sites for hydroxylation is 1. The van der Waals surface area contributed by atoms with E-state index >= 15 is 0 Å². The molecule has 0 aliphatic rings. The predicted molar refractivity (Wildman–Crippen MR) is 90.6 cm³/mol. The topological polar surface area (TPSA) is 90.9 Å². The van der Waals surface area contributed by atoms with Crippen LogP contribution in [0.5, 0.6) is 5.75 Å². The first-order valence-electron chi connectivity index (χ1n) is 7.87. The van der Waals surface area contributed by atoms with Crippen LogP contribution in [0.4, 0.5) is 0 Å². The Labute approximate surface area is 144 Å². The zero-order chi connectivity index (χ0) is 17.8. The minimum absolute atomic E-state index is 0.165. The number of benzene rings is 1. The van der Waals surface area contributed by atoms with Crippen LogP contribution in [-0.2, 0) is 17.9 Å². The highest BCUT2D eigenvalue weighted by Crippen LogP contribution is 2.12. The van der Waals surface area contributed by atoms with Gasteiger partial charge in [0.1, 0.15) is 12.1 Å². The van der Waals surface area contributed by atoms with Crippen molar-refractivity contribution in [3.05, 3.63) is 58.3 Å². The number of aliphatic hydroxyl groups excluding tert-OH is 1. The van der Waals surface area contributed by atoms with Crippen molar-refractivity contribution < 1.29 is 14.6 Å². The first-order chi connectivity index (χ1) is 12.1. The molecule has 2 heterocycles. The van der Waals surface area contributed by atoms with E-state index in [1.807, 2.05) is 24.3 Å². The average Bonchev–Trinajstić information content (AvgIpc) is 3.09. The number of aliphatic hydroxyl groups is 1. The number of fused-ring (bicyclic) bond motifs is 1. The Balaban J connectivity index is 1.60. The second kappa shape index (κ2) is 7.45. The van der Waals surface area contributed by atoms with Crippen molar-refractivity contribution in [2.45, 2.75) is 26.2 Å². The molecule has 0 amide bonds. The highest BCUT2D eigenvalue weighted by molar-refractivity contribution is 5.29. The van der Waals surface area contributed by atoms with Gasteiger partial charge in [-0.2, -0.15) is 14.6 Å². The molecule has 132 valence electrons. The molecule has 0 bridgehead atoms. The Kier molecular flexibility index (Phi) is 5.11. The van der Waals surface area contributed by atoms with Gasteiger partial charge >= 0.3 is 0 Å². The van der Waals surface area contributed by atoms with Crippen molar-refractivity contribution in [1.29, 1.82) is 0 Å². The molecule has 0 spiro atoms. The maximum absolute atomic E-state index is 11.8. The molecule has 3 aromatic rings. The van der Waals surface area contributed by atoms with E-state index < -0.39 is 6.10 Å². The summed E-state index contributed by atoms with van der Waals surface area (Å²) in [6, 6.07) is 9.02. The Morgan fingerprint density at radius 2 is 2.04 bits per heavy atom. The normalized spacial score (nSPS) is 12.4. The van der Waals surface area contributed by atoms with E-state index in [4.69, 9.17) is 9.47 Å². The van der Waals surface area contributed by atoms with E-state index in [1.165, 1.54) is 16.9 Å². The van der Waals surface area contributed by atoms with Gasteiger partial charge in [-0.15, -0.1) is 0 Å². The van der Waals surface area contributed by atoms with Gasteiger partial charge in [-0.25, -0.2) is 0 Å². The number of hydrogen-bond donors (Lipinski definition) is 1. The van der Waals surface area contributed by atoms with E-state index in [2.05, 4.69) is 10.1 Å². The van der Waals surface area contributed by atoms with Crippen molar-refractivity contribution in [1.82, 2.24) is 19.2 Å². The van der Waals surface area contributed by atoms with Gasteiger partial charge in [0.05, 0.1) is 33.0 Å². The van der Waals surface area contributed by atoms with E-state index in [1.54, 1.807) is 18.6 Å². The summed E-state index contributed by atoms with van der Waals surface area (Å²) in [4.78, 5) is 15.9. The number of ether oxygens (including phenoxy) is 2. The molecule has 1 atom stereocenters. The van der Waals surface area contributed by atoms with E-state index in [9.17, 15) is 9.90 Å². The van der Waals surface area contributed by atoms with Crippen LogP contribution in [0.15, 0.2) is 41.5 Å². The number of methoxy groups -OCH3 is 1. The molecule has 8 heteroatoms. The first kappa shape index (κ1) is 17.1. The monoisotopic (exact) mass is 344 g/mol. The molecule has 0 fully saturated rings. The van der Waals surface area contributed by atoms with Crippen LogP contribution in [0.25, 0.3) is 5.78 Å². The zero-order valence-electron chi connectivity index (χ0n) is 14.1. The summed E-state index contributed by atoms with van der Waals surface area (Å²) in [5, 5.41) is 14.1. The van der Waals surface area contributed by atoms with Gasteiger partial charge in [0, 0.05) is 11.8 Å². The molecular weight excluding hydrogens is 324 g/mol. The van der Waals surface area contributed by atoms with Gasteiger partial charge in [-0.1, -0.05) is 12.1 Å². The second-order valence-corrected chi connectivity index (χ2v) is 5.72. The highest BCUT2D eigenvalue weighted by Gasteiger charge is 2.12. The van der Waals surface area contributed by atoms with E-state index in [0.717, 1.165) is 11.3 Å². The molecule has 8 nitrogen and oxygen atoms in total. The van der Waals surface area contributed by atoms with Crippen LogP contribution in [-0.4, -0.2) is 44.1 Å². The number of rotatable bonds is 7. The number of hydrogen-bond acceptors (Lipinski definition) is 6. The largest absolute Gasteiger partial charge is 0.497 e. The summed E-state index contributed by atoms with van der Waals surface area (Å²) in [5.41, 5.74) is 1.46. The van der Waals surface area contributed by atoms with Crippen LogP contribution < -0.4 is 10.3 Å². The fourth-order valence-corrected chi connectivity index (χ4v) is 2.57.